The van der Waals surface area contributed by atoms with Gasteiger partial charge in [-0.2, -0.15) is 9.61 Å². The lowest BCUT2D eigenvalue weighted by molar-refractivity contribution is 0.475. The highest BCUT2D eigenvalue weighted by Gasteiger charge is 2.06. The Morgan fingerprint density at radius 1 is 1.12 bits per heavy atom. The molecule has 0 spiro atoms. The molecule has 0 radical (unpaired) electrons. The molecule has 0 aliphatic heterocycles. The summed E-state index contributed by atoms with van der Waals surface area (Å²) < 4.78 is 1.46. The lowest BCUT2D eigenvalue weighted by Gasteiger charge is -2.02. The summed E-state index contributed by atoms with van der Waals surface area (Å²) in [5.74, 6) is 0.433. The minimum absolute atomic E-state index is 0.195. The van der Waals surface area contributed by atoms with Crippen LogP contribution < -0.4 is 5.73 Å². The molecule has 0 aliphatic rings. The van der Waals surface area contributed by atoms with Crippen molar-refractivity contribution in [2.24, 2.45) is 0 Å². The number of phenols is 1. The predicted molar refractivity (Wildman–Crippen MR) is 62.3 cm³/mol. The van der Waals surface area contributed by atoms with Crippen LogP contribution in [-0.2, 0) is 0 Å². The molecule has 0 saturated carbocycles. The Hall–Kier alpha value is -2.63. The van der Waals surface area contributed by atoms with Gasteiger partial charge in [0.1, 0.15) is 5.75 Å². The van der Waals surface area contributed by atoms with Crippen LogP contribution in [0.25, 0.3) is 16.9 Å². The number of anilines is 1. The van der Waals surface area contributed by atoms with Crippen molar-refractivity contribution in [2.75, 3.05) is 5.73 Å². The number of aromatic nitrogens is 4. The average molecular weight is 227 g/mol. The van der Waals surface area contributed by atoms with E-state index in [0.717, 1.165) is 5.56 Å². The van der Waals surface area contributed by atoms with Crippen molar-refractivity contribution in [3.8, 4) is 17.0 Å². The van der Waals surface area contributed by atoms with Gasteiger partial charge in [-0.25, -0.2) is 0 Å². The molecular formula is C11H9N5O. The molecule has 17 heavy (non-hydrogen) atoms. The minimum Gasteiger partial charge on any atom is -0.508 e. The number of aromatic hydroxyl groups is 1. The molecule has 0 atom stereocenters. The van der Waals surface area contributed by atoms with Crippen LogP contribution in [-0.4, -0.2) is 24.9 Å². The summed E-state index contributed by atoms with van der Waals surface area (Å²) in [7, 11) is 0. The normalized spacial score (nSPS) is 10.8. The molecule has 84 valence electrons. The van der Waals surface area contributed by atoms with Gasteiger partial charge in [-0.05, 0) is 24.3 Å². The van der Waals surface area contributed by atoms with Gasteiger partial charge >= 0.3 is 0 Å². The molecule has 3 N–H and O–H groups in total. The standard InChI is InChI=1S/C11H9N5O/c12-11-14-13-10-5-4-9(15-16(10)11)7-2-1-3-8(17)6-7/h1-6,17H,(H2,12,14). The van der Waals surface area contributed by atoms with E-state index in [4.69, 9.17) is 5.73 Å². The lowest BCUT2D eigenvalue weighted by atomic mass is 10.1. The predicted octanol–water partition coefficient (Wildman–Crippen LogP) is 1.08. The highest BCUT2D eigenvalue weighted by Crippen LogP contribution is 2.21. The van der Waals surface area contributed by atoms with Gasteiger partial charge < -0.3 is 10.8 Å². The summed E-state index contributed by atoms with van der Waals surface area (Å²) in [6, 6.07) is 10.4. The van der Waals surface area contributed by atoms with Crippen molar-refractivity contribution in [3.63, 3.8) is 0 Å². The number of nitrogens with zero attached hydrogens (tertiary/aromatic N) is 4. The maximum Gasteiger partial charge on any atom is 0.243 e. The fourth-order valence-corrected chi connectivity index (χ4v) is 1.62. The summed E-state index contributed by atoms with van der Waals surface area (Å²) in [4.78, 5) is 0. The largest absolute Gasteiger partial charge is 0.508 e. The molecule has 2 heterocycles. The molecule has 3 aromatic rings. The van der Waals surface area contributed by atoms with Gasteiger partial charge in [-0.1, -0.05) is 12.1 Å². The third-order valence-corrected chi connectivity index (χ3v) is 2.43. The Morgan fingerprint density at radius 2 is 2.00 bits per heavy atom. The molecule has 6 heteroatoms. The molecule has 2 aromatic heterocycles. The van der Waals surface area contributed by atoms with Gasteiger partial charge in [0.2, 0.25) is 5.95 Å². The molecule has 0 unspecified atom stereocenters. The van der Waals surface area contributed by atoms with Gasteiger partial charge in [-0.3, -0.25) is 0 Å². The molecule has 0 aliphatic carbocycles. The van der Waals surface area contributed by atoms with Crippen molar-refractivity contribution < 1.29 is 5.11 Å². The van der Waals surface area contributed by atoms with Crippen molar-refractivity contribution in [2.45, 2.75) is 0 Å². The number of rotatable bonds is 1. The number of nitrogens with two attached hydrogens (primary N) is 1. The van der Waals surface area contributed by atoms with Crippen molar-refractivity contribution in [1.82, 2.24) is 19.8 Å². The second-order valence-electron chi connectivity index (χ2n) is 3.60. The van der Waals surface area contributed by atoms with Crippen LogP contribution in [0, 0.1) is 0 Å². The van der Waals surface area contributed by atoms with E-state index in [9.17, 15) is 5.11 Å². The Bertz CT molecular complexity index is 691. The summed E-state index contributed by atoms with van der Waals surface area (Å²) in [6.45, 7) is 0. The number of hydrogen-bond donors (Lipinski definition) is 2. The van der Waals surface area contributed by atoms with E-state index in [1.807, 2.05) is 6.07 Å². The summed E-state index contributed by atoms with van der Waals surface area (Å²) >= 11 is 0. The second kappa shape index (κ2) is 3.44. The first-order valence-electron chi connectivity index (χ1n) is 5.01. The van der Waals surface area contributed by atoms with E-state index in [1.54, 1.807) is 30.3 Å². The van der Waals surface area contributed by atoms with E-state index in [0.29, 0.717) is 11.3 Å². The third-order valence-electron chi connectivity index (χ3n) is 2.43. The van der Waals surface area contributed by atoms with Crippen molar-refractivity contribution in [3.05, 3.63) is 36.4 Å². The highest BCUT2D eigenvalue weighted by molar-refractivity contribution is 5.62. The molecular weight excluding hydrogens is 218 g/mol. The van der Waals surface area contributed by atoms with Crippen LogP contribution in [0.4, 0.5) is 5.95 Å². The average Bonchev–Trinajstić information content (AvgIpc) is 2.71. The Kier molecular flexibility index (Phi) is 1.94. The van der Waals surface area contributed by atoms with Gasteiger partial charge in [0.25, 0.3) is 0 Å². The third kappa shape index (κ3) is 1.55. The van der Waals surface area contributed by atoms with Gasteiger partial charge in [0, 0.05) is 5.56 Å². The number of nitrogen functional groups attached to an aromatic ring is 1. The monoisotopic (exact) mass is 227 g/mol. The van der Waals surface area contributed by atoms with Crippen LogP contribution >= 0.6 is 0 Å². The summed E-state index contributed by atoms with van der Waals surface area (Å²) in [5.41, 5.74) is 7.72. The molecule has 1 aromatic carbocycles. The number of hydrogen-bond acceptors (Lipinski definition) is 5. The lowest BCUT2D eigenvalue weighted by Crippen LogP contribution is -1.99. The SMILES string of the molecule is Nc1nnc2ccc(-c3cccc(O)c3)nn12. The van der Waals surface area contributed by atoms with E-state index in [1.165, 1.54) is 4.52 Å². The Morgan fingerprint density at radius 3 is 2.82 bits per heavy atom. The maximum atomic E-state index is 9.42. The van der Waals surface area contributed by atoms with Gasteiger partial charge in [0.05, 0.1) is 5.69 Å². The maximum absolute atomic E-state index is 9.42. The summed E-state index contributed by atoms with van der Waals surface area (Å²) in [5, 5.41) is 21.3. The smallest absolute Gasteiger partial charge is 0.243 e. The zero-order valence-corrected chi connectivity index (χ0v) is 8.78. The zero-order valence-electron chi connectivity index (χ0n) is 8.78. The van der Waals surface area contributed by atoms with Crippen molar-refractivity contribution >= 4 is 11.6 Å². The number of fused-ring (bicyclic) bond motifs is 1. The van der Waals surface area contributed by atoms with E-state index in [2.05, 4.69) is 15.3 Å². The van der Waals surface area contributed by atoms with Crippen LogP contribution in [0.2, 0.25) is 0 Å². The topological polar surface area (TPSA) is 89.3 Å². The first-order valence-corrected chi connectivity index (χ1v) is 5.01. The highest BCUT2D eigenvalue weighted by atomic mass is 16.3. The van der Waals surface area contributed by atoms with Crippen LogP contribution in [0.3, 0.4) is 0 Å². The minimum atomic E-state index is 0.195. The first-order chi connectivity index (χ1) is 8.24. The van der Waals surface area contributed by atoms with Crippen LogP contribution in [0.15, 0.2) is 36.4 Å². The molecule has 3 rings (SSSR count). The Labute approximate surface area is 96.3 Å². The van der Waals surface area contributed by atoms with E-state index < -0.39 is 0 Å². The quantitative estimate of drug-likeness (QED) is 0.649. The molecule has 0 bridgehead atoms. The Balaban J connectivity index is 2.20. The zero-order chi connectivity index (χ0) is 11.8. The second-order valence-corrected chi connectivity index (χ2v) is 3.60. The van der Waals surface area contributed by atoms with Crippen molar-refractivity contribution in [1.29, 1.82) is 0 Å². The number of phenolic OH excluding ortho intramolecular Hbond substituents is 1. The van der Waals surface area contributed by atoms with Gasteiger partial charge in [0.15, 0.2) is 5.65 Å². The molecule has 0 fully saturated rings. The fraction of sp³-hybridized carbons (Fsp3) is 0. The fourth-order valence-electron chi connectivity index (χ4n) is 1.62. The molecule has 0 amide bonds. The number of benzene rings is 1. The van der Waals surface area contributed by atoms with Gasteiger partial charge in [-0.15, -0.1) is 10.2 Å². The summed E-state index contributed by atoms with van der Waals surface area (Å²) in [6.07, 6.45) is 0. The first kappa shape index (κ1) is 9.59. The molecule has 0 saturated heterocycles. The van der Waals surface area contributed by atoms with Crippen LogP contribution in [0.1, 0.15) is 0 Å². The van der Waals surface area contributed by atoms with E-state index in [-0.39, 0.29) is 11.7 Å². The molecule has 6 nitrogen and oxygen atoms in total. The van der Waals surface area contributed by atoms with Crippen LogP contribution in [0.5, 0.6) is 5.75 Å². The van der Waals surface area contributed by atoms with E-state index >= 15 is 0 Å².